The monoisotopic (exact) mass is 500 g/mol. The normalized spacial score (nSPS) is 11.2. The van der Waals surface area contributed by atoms with Crippen molar-refractivity contribution in [1.29, 1.82) is 0 Å². The van der Waals surface area contributed by atoms with E-state index in [2.05, 4.69) is 4.72 Å². The summed E-state index contributed by atoms with van der Waals surface area (Å²) in [6.07, 6.45) is 3.59. The standard InChI is InChI=1S/C24H24N2O8S/c1-31-21-12-7-16(5-6-17-14-22(32-2)24(34-4)23(15-17)33-3)13-20(21)25-35(29,30)19-10-8-18(9-11-19)26(27)28/h5-15,25H,1-4H3. The van der Waals surface area contributed by atoms with Crippen molar-refractivity contribution in [2.45, 2.75) is 4.90 Å². The Morgan fingerprint density at radius 1 is 0.771 bits per heavy atom. The van der Waals surface area contributed by atoms with Gasteiger partial charge in [0.2, 0.25) is 5.75 Å². The fraction of sp³-hybridized carbons (Fsp3) is 0.167. The van der Waals surface area contributed by atoms with Gasteiger partial charge in [0.25, 0.3) is 15.7 Å². The van der Waals surface area contributed by atoms with Crippen LogP contribution in [0.5, 0.6) is 23.0 Å². The van der Waals surface area contributed by atoms with Gasteiger partial charge in [-0.15, -0.1) is 0 Å². The number of non-ortho nitro benzene ring substituents is 1. The highest BCUT2D eigenvalue weighted by Crippen LogP contribution is 2.38. The third-order valence-electron chi connectivity index (χ3n) is 4.98. The van der Waals surface area contributed by atoms with Crippen LogP contribution in [0.4, 0.5) is 11.4 Å². The van der Waals surface area contributed by atoms with Crippen molar-refractivity contribution in [1.82, 2.24) is 0 Å². The molecule has 0 spiro atoms. The minimum atomic E-state index is -4.02. The van der Waals surface area contributed by atoms with Gasteiger partial charge in [-0.2, -0.15) is 0 Å². The third-order valence-corrected chi connectivity index (χ3v) is 6.36. The largest absolute Gasteiger partial charge is 0.495 e. The summed E-state index contributed by atoms with van der Waals surface area (Å²) in [5.74, 6) is 1.77. The van der Waals surface area contributed by atoms with Gasteiger partial charge in [-0.1, -0.05) is 18.2 Å². The van der Waals surface area contributed by atoms with Crippen LogP contribution in [0.3, 0.4) is 0 Å². The first kappa shape index (κ1) is 25.4. The molecule has 0 unspecified atom stereocenters. The van der Waals surface area contributed by atoms with Crippen molar-refractivity contribution in [2.75, 3.05) is 33.2 Å². The SMILES string of the molecule is COc1ccc(C=Cc2cc(OC)c(OC)c(OC)c2)cc1NS(=O)(=O)c1ccc([N+](=O)[O-])cc1. The lowest BCUT2D eigenvalue weighted by Crippen LogP contribution is -2.13. The Morgan fingerprint density at radius 3 is 1.86 bits per heavy atom. The van der Waals surface area contributed by atoms with Gasteiger partial charge in [0.1, 0.15) is 5.75 Å². The van der Waals surface area contributed by atoms with E-state index in [0.29, 0.717) is 28.6 Å². The van der Waals surface area contributed by atoms with Crippen LogP contribution < -0.4 is 23.7 Å². The van der Waals surface area contributed by atoms with E-state index in [-0.39, 0.29) is 16.3 Å². The topological polar surface area (TPSA) is 126 Å². The number of nitro groups is 1. The zero-order valence-electron chi connectivity index (χ0n) is 19.5. The number of nitrogens with zero attached hydrogens (tertiary/aromatic N) is 1. The van der Waals surface area contributed by atoms with Gasteiger partial charge in [0.05, 0.1) is 43.9 Å². The highest BCUT2D eigenvalue weighted by molar-refractivity contribution is 7.92. The number of methoxy groups -OCH3 is 4. The maximum Gasteiger partial charge on any atom is 0.269 e. The lowest BCUT2D eigenvalue weighted by Gasteiger charge is -2.13. The second-order valence-electron chi connectivity index (χ2n) is 7.11. The van der Waals surface area contributed by atoms with Crippen LogP contribution in [-0.2, 0) is 10.0 Å². The first-order valence-electron chi connectivity index (χ1n) is 10.2. The number of hydrogen-bond donors (Lipinski definition) is 1. The molecule has 3 aromatic rings. The number of anilines is 1. The molecule has 11 heteroatoms. The lowest BCUT2D eigenvalue weighted by atomic mass is 10.1. The molecular weight excluding hydrogens is 476 g/mol. The Kier molecular flexibility index (Phi) is 7.82. The van der Waals surface area contributed by atoms with Crippen molar-refractivity contribution < 1.29 is 32.3 Å². The fourth-order valence-corrected chi connectivity index (χ4v) is 4.31. The van der Waals surface area contributed by atoms with E-state index < -0.39 is 14.9 Å². The quantitative estimate of drug-likeness (QED) is 0.243. The molecule has 1 N–H and O–H groups in total. The number of hydrogen-bond acceptors (Lipinski definition) is 8. The Bertz CT molecular complexity index is 1330. The Labute approximate surface area is 202 Å². The van der Waals surface area contributed by atoms with Crippen LogP contribution in [0.2, 0.25) is 0 Å². The summed E-state index contributed by atoms with van der Waals surface area (Å²) in [6, 6.07) is 13.1. The molecule has 0 saturated heterocycles. The molecule has 0 bridgehead atoms. The van der Waals surface area contributed by atoms with Gasteiger partial charge < -0.3 is 18.9 Å². The van der Waals surface area contributed by atoms with Crippen LogP contribution in [0.1, 0.15) is 11.1 Å². The molecule has 0 atom stereocenters. The predicted molar refractivity (Wildman–Crippen MR) is 132 cm³/mol. The average Bonchev–Trinajstić information content (AvgIpc) is 2.86. The molecule has 35 heavy (non-hydrogen) atoms. The first-order valence-corrected chi connectivity index (χ1v) is 11.6. The van der Waals surface area contributed by atoms with Crippen molar-refractivity contribution in [3.8, 4) is 23.0 Å². The summed E-state index contributed by atoms with van der Waals surface area (Å²) in [7, 11) is 1.97. The number of rotatable bonds is 10. The van der Waals surface area contributed by atoms with Crippen molar-refractivity contribution in [3.63, 3.8) is 0 Å². The van der Waals surface area contributed by atoms with E-state index in [4.69, 9.17) is 18.9 Å². The van der Waals surface area contributed by atoms with Gasteiger partial charge in [-0.25, -0.2) is 8.42 Å². The van der Waals surface area contributed by atoms with E-state index >= 15 is 0 Å². The molecule has 0 saturated carbocycles. The molecule has 3 aromatic carbocycles. The fourth-order valence-electron chi connectivity index (χ4n) is 3.25. The lowest BCUT2D eigenvalue weighted by molar-refractivity contribution is -0.384. The molecule has 0 fully saturated rings. The summed E-state index contributed by atoms with van der Waals surface area (Å²) < 4.78 is 49.5. The minimum absolute atomic E-state index is 0.122. The molecule has 10 nitrogen and oxygen atoms in total. The second kappa shape index (κ2) is 10.8. The van der Waals surface area contributed by atoms with E-state index in [0.717, 1.165) is 17.7 Å². The highest BCUT2D eigenvalue weighted by Gasteiger charge is 2.18. The summed E-state index contributed by atoms with van der Waals surface area (Å²) in [4.78, 5) is 10.1. The number of ether oxygens (including phenoxy) is 4. The van der Waals surface area contributed by atoms with E-state index in [9.17, 15) is 18.5 Å². The van der Waals surface area contributed by atoms with Crippen LogP contribution in [0.15, 0.2) is 59.5 Å². The Morgan fingerprint density at radius 2 is 1.34 bits per heavy atom. The maximum atomic E-state index is 12.8. The predicted octanol–water partition coefficient (Wildman–Crippen LogP) is 4.60. The minimum Gasteiger partial charge on any atom is -0.495 e. The zero-order valence-corrected chi connectivity index (χ0v) is 20.3. The van der Waals surface area contributed by atoms with Crippen LogP contribution in [0, 0.1) is 10.1 Å². The number of sulfonamides is 1. The summed E-state index contributed by atoms with van der Waals surface area (Å²) >= 11 is 0. The van der Waals surface area contributed by atoms with Crippen molar-refractivity contribution in [2.24, 2.45) is 0 Å². The molecule has 0 amide bonds. The summed E-state index contributed by atoms with van der Waals surface area (Å²) in [6.45, 7) is 0. The first-order chi connectivity index (χ1) is 16.7. The molecule has 0 aromatic heterocycles. The number of nitro benzene ring substituents is 1. The van der Waals surface area contributed by atoms with Gasteiger partial charge in [-0.3, -0.25) is 14.8 Å². The molecule has 3 rings (SSSR count). The van der Waals surface area contributed by atoms with Crippen molar-refractivity contribution in [3.05, 3.63) is 75.8 Å². The van der Waals surface area contributed by atoms with Gasteiger partial charge in [0, 0.05) is 12.1 Å². The Balaban J connectivity index is 1.91. The number of nitrogens with one attached hydrogen (secondary N) is 1. The molecular formula is C24H24N2O8S. The van der Waals surface area contributed by atoms with E-state index in [1.807, 2.05) is 0 Å². The number of benzene rings is 3. The maximum absolute atomic E-state index is 12.8. The third kappa shape index (κ3) is 5.82. The molecule has 0 aliphatic carbocycles. The zero-order chi connectivity index (χ0) is 25.6. The smallest absolute Gasteiger partial charge is 0.269 e. The summed E-state index contributed by atoms with van der Waals surface area (Å²) in [5.41, 5.74) is 1.45. The Hall–Kier alpha value is -4.25. The molecule has 184 valence electrons. The van der Waals surface area contributed by atoms with Crippen LogP contribution >= 0.6 is 0 Å². The highest BCUT2D eigenvalue weighted by atomic mass is 32.2. The van der Waals surface area contributed by atoms with Gasteiger partial charge >= 0.3 is 0 Å². The van der Waals surface area contributed by atoms with E-state index in [1.165, 1.54) is 40.6 Å². The van der Waals surface area contributed by atoms with Crippen molar-refractivity contribution >= 4 is 33.6 Å². The molecule has 0 aliphatic rings. The van der Waals surface area contributed by atoms with Gasteiger partial charge in [0.15, 0.2) is 11.5 Å². The van der Waals surface area contributed by atoms with E-state index in [1.54, 1.807) is 42.5 Å². The molecule has 0 radical (unpaired) electrons. The van der Waals surface area contributed by atoms with Crippen LogP contribution in [0.25, 0.3) is 12.2 Å². The van der Waals surface area contributed by atoms with Gasteiger partial charge in [-0.05, 0) is 47.5 Å². The molecule has 0 heterocycles. The average molecular weight is 501 g/mol. The summed E-state index contributed by atoms with van der Waals surface area (Å²) in [5, 5.41) is 10.8. The second-order valence-corrected chi connectivity index (χ2v) is 8.79. The van der Waals surface area contributed by atoms with Crippen LogP contribution in [-0.4, -0.2) is 41.8 Å². The molecule has 0 aliphatic heterocycles.